The molecule has 0 unspecified atom stereocenters. The molecule has 2 amide bonds. The Bertz CT molecular complexity index is 1020. The van der Waals surface area contributed by atoms with Crippen LogP contribution < -0.4 is 5.32 Å². The molecule has 26 heavy (non-hydrogen) atoms. The number of amides is 2. The Hall–Kier alpha value is -3.48. The largest absolute Gasteiger partial charge is 0.326 e. The van der Waals surface area contributed by atoms with Gasteiger partial charge in [0.05, 0.1) is 29.6 Å². The van der Waals surface area contributed by atoms with E-state index in [1.54, 1.807) is 13.4 Å². The van der Waals surface area contributed by atoms with E-state index in [4.69, 9.17) is 0 Å². The predicted molar refractivity (Wildman–Crippen MR) is 99.1 cm³/mol. The summed E-state index contributed by atoms with van der Waals surface area (Å²) < 4.78 is 2.00. The number of hydrazone groups is 1. The van der Waals surface area contributed by atoms with Crippen molar-refractivity contribution in [3.63, 3.8) is 0 Å². The van der Waals surface area contributed by atoms with Crippen molar-refractivity contribution in [2.45, 2.75) is 12.8 Å². The lowest BCUT2D eigenvalue weighted by atomic mass is 10.2. The molecular formula is C19H17N5O2. The molecule has 7 nitrogen and oxygen atoms in total. The van der Waals surface area contributed by atoms with Crippen molar-refractivity contribution >= 4 is 34.2 Å². The normalized spacial score (nSPS) is 14.0. The molecule has 0 saturated heterocycles. The Morgan fingerprint density at radius 3 is 2.65 bits per heavy atom. The first-order valence-electron chi connectivity index (χ1n) is 8.25. The van der Waals surface area contributed by atoms with Crippen molar-refractivity contribution in [1.82, 2.24) is 14.6 Å². The predicted octanol–water partition coefficient (Wildman–Crippen LogP) is 2.57. The number of carbonyl (C=O) groups excluding carboxylic acids is 2. The Balaban J connectivity index is 1.45. The lowest BCUT2D eigenvalue weighted by Gasteiger charge is -2.08. The van der Waals surface area contributed by atoms with Crippen molar-refractivity contribution in [2.75, 3.05) is 12.4 Å². The first kappa shape index (κ1) is 16.0. The maximum absolute atomic E-state index is 12.1. The summed E-state index contributed by atoms with van der Waals surface area (Å²) in [5.74, 6) is -0.280. The zero-order valence-corrected chi connectivity index (χ0v) is 14.2. The number of aromatic nitrogens is 2. The molecule has 0 aliphatic carbocycles. The van der Waals surface area contributed by atoms with Gasteiger partial charge in [0, 0.05) is 18.4 Å². The fourth-order valence-corrected chi connectivity index (χ4v) is 2.95. The van der Waals surface area contributed by atoms with Gasteiger partial charge in [-0.25, -0.2) is 9.99 Å². The molecular weight excluding hydrogens is 330 g/mol. The van der Waals surface area contributed by atoms with Crippen LogP contribution >= 0.6 is 0 Å². The van der Waals surface area contributed by atoms with Gasteiger partial charge in [-0.2, -0.15) is 5.10 Å². The topological polar surface area (TPSA) is 79.6 Å². The van der Waals surface area contributed by atoms with E-state index < -0.39 is 0 Å². The van der Waals surface area contributed by atoms with Crippen LogP contribution in [-0.2, 0) is 9.59 Å². The summed E-state index contributed by atoms with van der Waals surface area (Å²) in [4.78, 5) is 28.0. The van der Waals surface area contributed by atoms with Crippen molar-refractivity contribution in [1.29, 1.82) is 0 Å². The van der Waals surface area contributed by atoms with Crippen LogP contribution in [0.5, 0.6) is 0 Å². The minimum absolute atomic E-state index is 0.0929. The quantitative estimate of drug-likeness (QED) is 0.788. The molecule has 1 aromatic heterocycles. The van der Waals surface area contributed by atoms with E-state index in [2.05, 4.69) is 15.4 Å². The van der Waals surface area contributed by atoms with Crippen molar-refractivity contribution in [3.8, 4) is 5.69 Å². The number of para-hydroxylation sites is 2. The second-order valence-electron chi connectivity index (χ2n) is 6.14. The van der Waals surface area contributed by atoms with E-state index in [0.717, 1.165) is 16.7 Å². The van der Waals surface area contributed by atoms with Gasteiger partial charge in [0.25, 0.3) is 0 Å². The molecule has 0 saturated carbocycles. The van der Waals surface area contributed by atoms with Gasteiger partial charge in [-0.15, -0.1) is 0 Å². The van der Waals surface area contributed by atoms with Gasteiger partial charge in [0.1, 0.15) is 6.33 Å². The number of benzene rings is 2. The zero-order chi connectivity index (χ0) is 18.1. The second-order valence-corrected chi connectivity index (χ2v) is 6.14. The summed E-state index contributed by atoms with van der Waals surface area (Å²) in [6.07, 6.45) is 2.10. The molecule has 0 atom stereocenters. The van der Waals surface area contributed by atoms with Crippen LogP contribution in [0.3, 0.4) is 0 Å². The van der Waals surface area contributed by atoms with Crippen LogP contribution in [0.2, 0.25) is 0 Å². The van der Waals surface area contributed by atoms with Gasteiger partial charge in [0.2, 0.25) is 11.8 Å². The first-order chi connectivity index (χ1) is 12.6. The van der Waals surface area contributed by atoms with Crippen LogP contribution in [0.1, 0.15) is 12.8 Å². The van der Waals surface area contributed by atoms with E-state index in [9.17, 15) is 9.59 Å². The highest BCUT2D eigenvalue weighted by Crippen LogP contribution is 2.20. The van der Waals surface area contributed by atoms with Gasteiger partial charge in [-0.05, 0) is 36.4 Å². The Morgan fingerprint density at radius 1 is 1.15 bits per heavy atom. The van der Waals surface area contributed by atoms with Gasteiger partial charge in [-0.1, -0.05) is 12.1 Å². The van der Waals surface area contributed by atoms with E-state index in [-0.39, 0.29) is 24.7 Å². The molecule has 0 fully saturated rings. The zero-order valence-electron chi connectivity index (χ0n) is 14.2. The summed E-state index contributed by atoms with van der Waals surface area (Å²) in [7, 11) is 1.59. The SMILES string of the molecule is CN1N=C(CC(=O)Nc2ccc(-n3cnc4ccccc43)cc2)CC1=O. The molecule has 2 heterocycles. The van der Waals surface area contributed by atoms with Crippen LogP contribution in [-0.4, -0.2) is 39.1 Å². The second kappa shape index (κ2) is 6.44. The molecule has 7 heteroatoms. The molecule has 4 rings (SSSR count). The molecule has 0 radical (unpaired) electrons. The lowest BCUT2D eigenvalue weighted by Crippen LogP contribution is -2.16. The minimum atomic E-state index is -0.187. The number of fused-ring (bicyclic) bond motifs is 1. The minimum Gasteiger partial charge on any atom is -0.326 e. The monoisotopic (exact) mass is 347 g/mol. The fraction of sp³-hybridized carbons (Fsp3) is 0.158. The number of imidazole rings is 1. The summed E-state index contributed by atoms with van der Waals surface area (Å²) in [6.45, 7) is 0. The number of anilines is 1. The number of hydrogen-bond donors (Lipinski definition) is 1. The Kier molecular flexibility index (Phi) is 3.96. The number of carbonyl (C=O) groups is 2. The summed E-state index contributed by atoms with van der Waals surface area (Å²) in [5, 5.41) is 8.16. The van der Waals surface area contributed by atoms with Crippen molar-refractivity contribution in [2.24, 2.45) is 5.10 Å². The third-order valence-corrected chi connectivity index (χ3v) is 4.26. The highest BCUT2D eigenvalue weighted by atomic mass is 16.2. The Morgan fingerprint density at radius 2 is 1.92 bits per heavy atom. The molecule has 2 aromatic carbocycles. The maximum atomic E-state index is 12.1. The number of nitrogens with one attached hydrogen (secondary N) is 1. The highest BCUT2D eigenvalue weighted by molar-refractivity contribution is 6.14. The third kappa shape index (κ3) is 3.06. The average molecular weight is 347 g/mol. The Labute approximate surface area is 149 Å². The molecule has 130 valence electrons. The lowest BCUT2D eigenvalue weighted by molar-refractivity contribution is -0.127. The van der Waals surface area contributed by atoms with E-state index in [1.165, 1.54) is 5.01 Å². The molecule has 0 bridgehead atoms. The summed E-state index contributed by atoms with van der Waals surface area (Å²) >= 11 is 0. The number of rotatable bonds is 4. The number of hydrogen-bond acceptors (Lipinski definition) is 4. The van der Waals surface area contributed by atoms with Crippen LogP contribution in [0.15, 0.2) is 60.0 Å². The maximum Gasteiger partial charge on any atom is 0.248 e. The fourth-order valence-electron chi connectivity index (χ4n) is 2.95. The van der Waals surface area contributed by atoms with Gasteiger partial charge >= 0.3 is 0 Å². The van der Waals surface area contributed by atoms with Crippen LogP contribution in [0, 0.1) is 0 Å². The van der Waals surface area contributed by atoms with Gasteiger partial charge in [-0.3, -0.25) is 14.2 Å². The van der Waals surface area contributed by atoms with E-state index in [0.29, 0.717) is 11.4 Å². The molecule has 3 aromatic rings. The molecule has 1 aliphatic heterocycles. The first-order valence-corrected chi connectivity index (χ1v) is 8.25. The summed E-state index contributed by atoms with van der Waals surface area (Å²) in [5.41, 5.74) is 4.20. The van der Waals surface area contributed by atoms with Crippen molar-refractivity contribution < 1.29 is 9.59 Å². The molecule has 0 spiro atoms. The van der Waals surface area contributed by atoms with E-state index in [1.807, 2.05) is 53.1 Å². The highest BCUT2D eigenvalue weighted by Gasteiger charge is 2.22. The van der Waals surface area contributed by atoms with Crippen LogP contribution in [0.4, 0.5) is 5.69 Å². The number of nitrogens with zero attached hydrogens (tertiary/aromatic N) is 4. The smallest absolute Gasteiger partial charge is 0.248 e. The standard InChI is InChI=1S/C19H17N5O2/c1-23-19(26)11-14(22-23)10-18(25)21-13-6-8-15(9-7-13)24-12-20-16-4-2-3-5-17(16)24/h2-9,12H,10-11H2,1H3,(H,21,25). The molecule has 1 N–H and O–H groups in total. The molecule has 1 aliphatic rings. The van der Waals surface area contributed by atoms with Crippen molar-refractivity contribution in [3.05, 3.63) is 54.9 Å². The third-order valence-electron chi connectivity index (χ3n) is 4.26. The average Bonchev–Trinajstić information content (AvgIpc) is 3.19. The van der Waals surface area contributed by atoms with Crippen LogP contribution in [0.25, 0.3) is 16.7 Å². The van der Waals surface area contributed by atoms with E-state index >= 15 is 0 Å². The van der Waals surface area contributed by atoms with Gasteiger partial charge < -0.3 is 5.32 Å². The summed E-state index contributed by atoms with van der Waals surface area (Å²) in [6, 6.07) is 15.4. The van der Waals surface area contributed by atoms with Gasteiger partial charge in [0.15, 0.2) is 0 Å².